The molecule has 3 atom stereocenters. The summed E-state index contributed by atoms with van der Waals surface area (Å²) >= 11 is 0. The largest absolute Gasteiger partial charge is 0.490 e. The van der Waals surface area contributed by atoms with Crippen molar-refractivity contribution in [1.82, 2.24) is 4.90 Å². The highest BCUT2D eigenvalue weighted by Crippen LogP contribution is 2.32. The summed E-state index contributed by atoms with van der Waals surface area (Å²) in [5.41, 5.74) is 3.58. The summed E-state index contributed by atoms with van der Waals surface area (Å²) in [6, 6.07) is 10.1. The van der Waals surface area contributed by atoms with Crippen molar-refractivity contribution < 1.29 is 29.0 Å². The Morgan fingerprint density at radius 2 is 1.76 bits per heavy atom. The third-order valence-corrected chi connectivity index (χ3v) is 6.15. The van der Waals surface area contributed by atoms with E-state index in [0.29, 0.717) is 35.5 Å². The third kappa shape index (κ3) is 5.31. The number of benzene rings is 2. The number of carbonyl (C=O) groups is 3. The summed E-state index contributed by atoms with van der Waals surface area (Å²) < 4.78 is 11.9. The topological polar surface area (TPSA) is 117 Å². The lowest BCUT2D eigenvalue weighted by atomic mass is 9.94. The Kier molecular flexibility index (Phi) is 6.74. The van der Waals surface area contributed by atoms with E-state index in [4.69, 9.17) is 14.6 Å². The van der Waals surface area contributed by atoms with Gasteiger partial charge in [-0.3, -0.25) is 9.59 Å². The van der Waals surface area contributed by atoms with Crippen molar-refractivity contribution in [2.24, 2.45) is 0 Å². The van der Waals surface area contributed by atoms with Crippen molar-refractivity contribution >= 4 is 29.3 Å². The highest BCUT2D eigenvalue weighted by atomic mass is 16.5. The molecule has 9 nitrogen and oxygen atoms in total. The van der Waals surface area contributed by atoms with Gasteiger partial charge in [-0.25, -0.2) is 4.79 Å². The number of anilines is 2. The average molecular weight is 468 g/mol. The fourth-order valence-electron chi connectivity index (χ4n) is 4.64. The van der Waals surface area contributed by atoms with Gasteiger partial charge in [0, 0.05) is 18.4 Å². The molecule has 4 rings (SSSR count). The molecule has 0 spiro atoms. The Hall–Kier alpha value is -3.59. The number of hydrogen-bond acceptors (Lipinski definition) is 5. The van der Waals surface area contributed by atoms with Crippen LogP contribution >= 0.6 is 0 Å². The first-order valence-corrected chi connectivity index (χ1v) is 11.3. The van der Waals surface area contributed by atoms with Crippen LogP contribution in [0.4, 0.5) is 16.2 Å². The molecule has 34 heavy (non-hydrogen) atoms. The van der Waals surface area contributed by atoms with E-state index in [1.807, 2.05) is 32.0 Å². The number of fused-ring (bicyclic) bond motifs is 2. The van der Waals surface area contributed by atoms with E-state index in [1.54, 1.807) is 30.1 Å². The fraction of sp³-hybridized carbons (Fsp3) is 0.400. The van der Waals surface area contributed by atoms with Gasteiger partial charge in [0.1, 0.15) is 18.5 Å². The van der Waals surface area contributed by atoms with Crippen molar-refractivity contribution in [3.63, 3.8) is 0 Å². The van der Waals surface area contributed by atoms with Gasteiger partial charge in [0.15, 0.2) is 0 Å². The Morgan fingerprint density at radius 1 is 1.06 bits per heavy atom. The van der Waals surface area contributed by atoms with Gasteiger partial charge in [0.05, 0.1) is 24.1 Å². The van der Waals surface area contributed by atoms with Crippen LogP contribution in [0.2, 0.25) is 0 Å². The van der Waals surface area contributed by atoms with E-state index in [0.717, 1.165) is 11.1 Å². The maximum absolute atomic E-state index is 13.3. The molecule has 180 valence electrons. The molecule has 3 amide bonds. The number of nitrogens with one attached hydrogen (secondary N) is 2. The normalized spacial score (nSPS) is 21.9. The number of ether oxygens (including phenoxy) is 2. The lowest BCUT2D eigenvalue weighted by molar-refractivity contribution is -0.148. The Morgan fingerprint density at radius 3 is 2.47 bits per heavy atom. The molecule has 1 fully saturated rings. The van der Waals surface area contributed by atoms with Crippen LogP contribution in [-0.2, 0) is 9.53 Å². The van der Waals surface area contributed by atoms with Gasteiger partial charge < -0.3 is 30.1 Å². The van der Waals surface area contributed by atoms with E-state index < -0.39 is 24.2 Å². The molecule has 0 radical (unpaired) electrons. The summed E-state index contributed by atoms with van der Waals surface area (Å²) in [5.74, 6) is -0.769. The molecule has 9 heteroatoms. The second-order valence-corrected chi connectivity index (χ2v) is 8.93. The van der Waals surface area contributed by atoms with Crippen molar-refractivity contribution in [2.45, 2.75) is 51.4 Å². The van der Waals surface area contributed by atoms with E-state index in [9.17, 15) is 14.4 Å². The highest BCUT2D eigenvalue weighted by Gasteiger charge is 2.39. The van der Waals surface area contributed by atoms with Gasteiger partial charge in [0.2, 0.25) is 0 Å². The van der Waals surface area contributed by atoms with Crippen LogP contribution in [0.15, 0.2) is 36.4 Å². The molecular weight excluding hydrogens is 438 g/mol. The Bertz CT molecular complexity index is 1100. The molecular formula is C25H29N3O6. The molecule has 1 saturated heterocycles. The van der Waals surface area contributed by atoms with Crippen molar-refractivity contribution in [3.05, 3.63) is 53.1 Å². The molecule has 2 aliphatic rings. The van der Waals surface area contributed by atoms with Crippen LogP contribution < -0.4 is 15.4 Å². The molecule has 0 unspecified atom stereocenters. The zero-order chi connectivity index (χ0) is 24.4. The van der Waals surface area contributed by atoms with Crippen molar-refractivity contribution in [3.8, 4) is 5.75 Å². The van der Waals surface area contributed by atoms with Crippen molar-refractivity contribution in [2.75, 3.05) is 24.3 Å². The third-order valence-electron chi connectivity index (χ3n) is 6.15. The molecule has 3 N–H and O–H groups in total. The summed E-state index contributed by atoms with van der Waals surface area (Å²) in [6.07, 6.45) is 0.294. The van der Waals surface area contributed by atoms with Crippen LogP contribution in [0.1, 0.15) is 40.7 Å². The van der Waals surface area contributed by atoms with Gasteiger partial charge in [-0.05, 0) is 68.1 Å². The Labute approximate surface area is 198 Å². The zero-order valence-electron chi connectivity index (χ0n) is 19.5. The molecule has 2 aromatic rings. The minimum atomic E-state index is -0.911. The first-order chi connectivity index (χ1) is 16.2. The lowest BCUT2D eigenvalue weighted by Gasteiger charge is -2.42. The number of aryl methyl sites for hydroxylation is 2. The van der Waals surface area contributed by atoms with Crippen LogP contribution in [0.5, 0.6) is 5.75 Å². The fourth-order valence-corrected chi connectivity index (χ4v) is 4.64. The monoisotopic (exact) mass is 467 g/mol. The van der Waals surface area contributed by atoms with Crippen LogP contribution in [0, 0.1) is 13.8 Å². The predicted molar refractivity (Wildman–Crippen MR) is 127 cm³/mol. The molecule has 0 saturated carbocycles. The number of likely N-dealkylation sites (N-methyl/N-ethyl adjacent to an activating group) is 1. The SMILES string of the molecule is Cc1cc(C)cc(NC(=O)Nc2ccc3c(c2)C(=O)N(C)[C@@H]2CC[C@@H](CC(=O)O)O[C@@H]2CO3)c1. The number of urea groups is 1. The first-order valence-electron chi connectivity index (χ1n) is 11.3. The standard InChI is InChI=1S/C25H29N3O6/c1-14-8-15(2)10-17(9-14)27-25(32)26-16-4-7-21-19(11-16)24(31)28(3)20-6-5-18(12-23(29)30)34-22(20)13-33-21/h4,7-11,18,20,22H,5-6,12-13H2,1-3H3,(H,29,30)(H2,26,27,32)/t18-,20+,22+/m0/s1. The highest BCUT2D eigenvalue weighted by molar-refractivity contribution is 6.02. The number of amides is 3. The minimum absolute atomic E-state index is 0.0727. The van der Waals surface area contributed by atoms with Crippen LogP contribution in [0.25, 0.3) is 0 Å². The van der Waals surface area contributed by atoms with Gasteiger partial charge >= 0.3 is 12.0 Å². The predicted octanol–water partition coefficient (Wildman–Crippen LogP) is 3.80. The zero-order valence-corrected chi connectivity index (χ0v) is 19.5. The van der Waals surface area contributed by atoms with Crippen LogP contribution in [-0.4, -0.2) is 59.8 Å². The molecule has 2 heterocycles. The van der Waals surface area contributed by atoms with Gasteiger partial charge in [0.25, 0.3) is 5.91 Å². The van der Waals surface area contributed by atoms with E-state index in [1.165, 1.54) is 0 Å². The number of carbonyl (C=O) groups excluding carboxylic acids is 2. The molecule has 0 bridgehead atoms. The molecule has 0 aromatic heterocycles. The van der Waals surface area contributed by atoms with E-state index >= 15 is 0 Å². The minimum Gasteiger partial charge on any atom is -0.490 e. The number of aliphatic carboxylic acids is 1. The smallest absolute Gasteiger partial charge is 0.323 e. The number of carboxylic acid groups (broad SMARTS) is 1. The molecule has 2 aromatic carbocycles. The van der Waals surface area contributed by atoms with Gasteiger partial charge in [-0.1, -0.05) is 6.07 Å². The molecule has 2 aliphatic heterocycles. The quantitative estimate of drug-likeness (QED) is 0.630. The Balaban J connectivity index is 1.48. The van der Waals surface area contributed by atoms with Gasteiger partial charge in [-0.2, -0.15) is 0 Å². The number of nitrogens with zero attached hydrogens (tertiary/aromatic N) is 1. The van der Waals surface area contributed by atoms with E-state index in [2.05, 4.69) is 10.6 Å². The average Bonchev–Trinajstić information content (AvgIpc) is 2.75. The lowest BCUT2D eigenvalue weighted by Crippen LogP contribution is -2.53. The number of carboxylic acids is 1. The maximum atomic E-state index is 13.3. The summed E-state index contributed by atoms with van der Waals surface area (Å²) in [4.78, 5) is 38.5. The number of rotatable bonds is 4. The molecule has 0 aliphatic carbocycles. The first kappa shape index (κ1) is 23.6. The second kappa shape index (κ2) is 9.72. The summed E-state index contributed by atoms with van der Waals surface area (Å²) in [6.45, 7) is 4.12. The van der Waals surface area contributed by atoms with Crippen LogP contribution in [0.3, 0.4) is 0 Å². The second-order valence-electron chi connectivity index (χ2n) is 8.93. The summed E-state index contributed by atoms with van der Waals surface area (Å²) in [5, 5.41) is 14.7. The summed E-state index contributed by atoms with van der Waals surface area (Å²) in [7, 11) is 1.71. The van der Waals surface area contributed by atoms with E-state index in [-0.39, 0.29) is 25.0 Å². The van der Waals surface area contributed by atoms with Crippen molar-refractivity contribution in [1.29, 1.82) is 0 Å². The number of hydrogen-bond donors (Lipinski definition) is 3. The maximum Gasteiger partial charge on any atom is 0.323 e. The van der Waals surface area contributed by atoms with Gasteiger partial charge in [-0.15, -0.1) is 0 Å².